The molecular weight excluding hydrogens is 276 g/mol. The fourth-order valence-corrected chi connectivity index (χ4v) is 6.41. The predicted octanol–water partition coefficient (Wildman–Crippen LogP) is 6.24. The molecule has 4 aliphatic rings. The van der Waals surface area contributed by atoms with E-state index in [0.29, 0.717) is 5.41 Å². The molecule has 0 bridgehead atoms. The quantitative estimate of drug-likeness (QED) is 0.465. The molecule has 0 nitrogen and oxygen atoms in total. The van der Waals surface area contributed by atoms with Crippen molar-refractivity contribution in [1.82, 2.24) is 0 Å². The standard InChI is InChI=1S/C20H27Cl/c1-13-8-10-19(2)14(12-13)4-5-15-16-6-7-18(21)20(16,3)11-9-17(15)19/h4,7,15-17H,1,5-6,8-12H2,2-3H3/t15?,16?,17?,19-,20-/m0/s1. The average Bonchev–Trinajstić information content (AvgIpc) is 2.76. The van der Waals surface area contributed by atoms with Crippen molar-refractivity contribution in [2.75, 3.05) is 0 Å². The molecule has 5 atom stereocenters. The summed E-state index contributed by atoms with van der Waals surface area (Å²) in [6, 6.07) is 0. The molecule has 0 heterocycles. The van der Waals surface area contributed by atoms with Gasteiger partial charge in [-0.05, 0) is 68.1 Å². The fraction of sp³-hybridized carbons (Fsp3) is 0.700. The van der Waals surface area contributed by atoms with E-state index in [4.69, 9.17) is 11.6 Å². The van der Waals surface area contributed by atoms with Gasteiger partial charge >= 0.3 is 0 Å². The van der Waals surface area contributed by atoms with E-state index >= 15 is 0 Å². The second kappa shape index (κ2) is 4.51. The summed E-state index contributed by atoms with van der Waals surface area (Å²) >= 11 is 6.58. The Kier molecular flexibility index (Phi) is 3.03. The first-order chi connectivity index (χ1) is 9.95. The van der Waals surface area contributed by atoms with E-state index < -0.39 is 0 Å². The summed E-state index contributed by atoms with van der Waals surface area (Å²) in [7, 11) is 0. The summed E-state index contributed by atoms with van der Waals surface area (Å²) in [5.41, 5.74) is 3.88. The van der Waals surface area contributed by atoms with Crippen LogP contribution in [-0.2, 0) is 0 Å². The van der Waals surface area contributed by atoms with Crippen molar-refractivity contribution in [2.24, 2.45) is 28.6 Å². The molecule has 4 rings (SSSR count). The second-order valence-electron chi connectivity index (χ2n) is 8.43. The topological polar surface area (TPSA) is 0 Å². The number of rotatable bonds is 0. The highest BCUT2D eigenvalue weighted by atomic mass is 35.5. The van der Waals surface area contributed by atoms with Gasteiger partial charge in [0.15, 0.2) is 0 Å². The summed E-state index contributed by atoms with van der Waals surface area (Å²) in [6.07, 6.45) is 13.8. The minimum Gasteiger partial charge on any atom is -0.0995 e. The van der Waals surface area contributed by atoms with Crippen molar-refractivity contribution < 1.29 is 0 Å². The Morgan fingerprint density at radius 1 is 1.10 bits per heavy atom. The molecule has 0 radical (unpaired) electrons. The van der Waals surface area contributed by atoms with Crippen molar-refractivity contribution in [1.29, 1.82) is 0 Å². The molecule has 3 unspecified atom stereocenters. The van der Waals surface area contributed by atoms with Gasteiger partial charge in [-0.1, -0.05) is 55.3 Å². The lowest BCUT2D eigenvalue weighted by Gasteiger charge is -2.57. The normalized spacial score (nSPS) is 48.9. The molecule has 1 heteroatoms. The summed E-state index contributed by atoms with van der Waals surface area (Å²) in [5, 5.41) is 1.16. The van der Waals surface area contributed by atoms with Crippen LogP contribution in [0.15, 0.2) is 34.9 Å². The van der Waals surface area contributed by atoms with Crippen LogP contribution < -0.4 is 0 Å². The van der Waals surface area contributed by atoms with Crippen LogP contribution in [0.2, 0.25) is 0 Å². The van der Waals surface area contributed by atoms with Gasteiger partial charge in [0.05, 0.1) is 0 Å². The van der Waals surface area contributed by atoms with Gasteiger partial charge in [0.2, 0.25) is 0 Å². The third kappa shape index (κ3) is 1.81. The predicted molar refractivity (Wildman–Crippen MR) is 90.2 cm³/mol. The zero-order chi connectivity index (χ0) is 14.8. The van der Waals surface area contributed by atoms with Gasteiger partial charge < -0.3 is 0 Å². The van der Waals surface area contributed by atoms with E-state index in [-0.39, 0.29) is 5.41 Å². The van der Waals surface area contributed by atoms with Crippen LogP contribution in [0.5, 0.6) is 0 Å². The maximum atomic E-state index is 6.58. The van der Waals surface area contributed by atoms with Crippen molar-refractivity contribution >= 4 is 11.6 Å². The molecule has 0 saturated heterocycles. The van der Waals surface area contributed by atoms with Crippen LogP contribution >= 0.6 is 11.6 Å². The van der Waals surface area contributed by atoms with Gasteiger partial charge in [0.25, 0.3) is 0 Å². The van der Waals surface area contributed by atoms with Gasteiger partial charge in [0.1, 0.15) is 0 Å². The van der Waals surface area contributed by atoms with Crippen LogP contribution in [0, 0.1) is 28.6 Å². The summed E-state index contributed by atoms with van der Waals surface area (Å²) in [4.78, 5) is 0. The number of allylic oxidation sites excluding steroid dienone is 5. The van der Waals surface area contributed by atoms with Crippen LogP contribution in [-0.4, -0.2) is 0 Å². The Morgan fingerprint density at radius 2 is 1.90 bits per heavy atom. The Hall–Kier alpha value is -0.490. The molecule has 4 aliphatic carbocycles. The lowest BCUT2D eigenvalue weighted by Crippen LogP contribution is -2.48. The first-order valence-electron chi connectivity index (χ1n) is 8.67. The minimum absolute atomic E-state index is 0.280. The van der Waals surface area contributed by atoms with E-state index in [2.05, 4.69) is 32.6 Å². The molecule has 0 aliphatic heterocycles. The molecule has 114 valence electrons. The van der Waals surface area contributed by atoms with Crippen molar-refractivity contribution in [3.05, 3.63) is 34.9 Å². The van der Waals surface area contributed by atoms with E-state index in [0.717, 1.165) is 22.8 Å². The van der Waals surface area contributed by atoms with Gasteiger partial charge in [-0.25, -0.2) is 0 Å². The minimum atomic E-state index is 0.280. The SMILES string of the molecule is C=C1CC[C@@]2(C)C(=CCC3C2CC[C@]2(C)C(Cl)=CCC32)C1. The first-order valence-corrected chi connectivity index (χ1v) is 9.05. The van der Waals surface area contributed by atoms with Crippen LogP contribution in [0.25, 0.3) is 0 Å². The number of fused-ring (bicyclic) bond motifs is 5. The Balaban J connectivity index is 1.70. The van der Waals surface area contributed by atoms with Gasteiger partial charge in [0, 0.05) is 10.4 Å². The van der Waals surface area contributed by atoms with E-state index in [1.54, 1.807) is 5.57 Å². The maximum absolute atomic E-state index is 6.58. The molecule has 2 fully saturated rings. The summed E-state index contributed by atoms with van der Waals surface area (Å²) in [6.45, 7) is 9.22. The second-order valence-corrected chi connectivity index (χ2v) is 8.84. The lowest BCUT2D eigenvalue weighted by atomic mass is 9.48. The molecular formula is C20H27Cl. The highest BCUT2D eigenvalue weighted by Gasteiger charge is 2.56. The molecule has 0 aromatic carbocycles. The zero-order valence-electron chi connectivity index (χ0n) is 13.4. The van der Waals surface area contributed by atoms with Crippen LogP contribution in [0.4, 0.5) is 0 Å². The third-order valence-electron chi connectivity index (χ3n) is 7.55. The largest absolute Gasteiger partial charge is 0.0995 e. The highest BCUT2D eigenvalue weighted by Crippen LogP contribution is 2.65. The molecule has 0 N–H and O–H groups in total. The molecule has 0 aromatic heterocycles. The fourth-order valence-electron chi connectivity index (χ4n) is 6.09. The third-order valence-corrected chi connectivity index (χ3v) is 8.14. The van der Waals surface area contributed by atoms with Crippen molar-refractivity contribution in [3.8, 4) is 0 Å². The van der Waals surface area contributed by atoms with Crippen LogP contribution in [0.3, 0.4) is 0 Å². The summed E-state index contributed by atoms with van der Waals surface area (Å²) in [5.74, 6) is 2.50. The molecule has 2 saturated carbocycles. The molecule has 21 heavy (non-hydrogen) atoms. The Bertz CT molecular complexity index is 554. The summed E-state index contributed by atoms with van der Waals surface area (Å²) < 4.78 is 0. The zero-order valence-corrected chi connectivity index (χ0v) is 14.2. The molecule has 0 amide bonds. The van der Waals surface area contributed by atoms with E-state index in [1.807, 2.05) is 0 Å². The van der Waals surface area contributed by atoms with Crippen molar-refractivity contribution in [3.63, 3.8) is 0 Å². The van der Waals surface area contributed by atoms with E-state index in [9.17, 15) is 0 Å². The lowest BCUT2D eigenvalue weighted by molar-refractivity contribution is -0.0113. The maximum Gasteiger partial charge on any atom is 0.0203 e. The average molecular weight is 303 g/mol. The number of halogens is 1. The van der Waals surface area contributed by atoms with Crippen LogP contribution in [0.1, 0.15) is 58.8 Å². The monoisotopic (exact) mass is 302 g/mol. The number of hydrogen-bond acceptors (Lipinski definition) is 0. The highest BCUT2D eigenvalue weighted by molar-refractivity contribution is 6.30. The Morgan fingerprint density at radius 3 is 2.71 bits per heavy atom. The van der Waals surface area contributed by atoms with E-state index in [1.165, 1.54) is 50.5 Å². The van der Waals surface area contributed by atoms with Gasteiger partial charge in [-0.3, -0.25) is 0 Å². The smallest absolute Gasteiger partial charge is 0.0203 e. The first kappa shape index (κ1) is 14.1. The van der Waals surface area contributed by atoms with Gasteiger partial charge in [-0.2, -0.15) is 0 Å². The van der Waals surface area contributed by atoms with Gasteiger partial charge in [-0.15, -0.1) is 0 Å². The van der Waals surface area contributed by atoms with Crippen molar-refractivity contribution in [2.45, 2.75) is 58.8 Å². The Labute approximate surface area is 134 Å². The molecule has 0 spiro atoms. The molecule has 0 aromatic rings. The number of hydrogen-bond donors (Lipinski definition) is 0.